The number of nitrogens with zero attached hydrogens (tertiary/aromatic N) is 1. The van der Waals surface area contributed by atoms with E-state index in [9.17, 15) is 14.7 Å². The quantitative estimate of drug-likeness (QED) is 0.448. The lowest BCUT2D eigenvalue weighted by atomic mass is 10.1. The molecule has 33 heavy (non-hydrogen) atoms. The summed E-state index contributed by atoms with van der Waals surface area (Å²) in [5.74, 6) is 0. The van der Waals surface area contributed by atoms with Crippen molar-refractivity contribution in [2.75, 3.05) is 13.7 Å². The highest BCUT2D eigenvalue weighted by Gasteiger charge is 2.51. The van der Waals surface area contributed by atoms with Crippen LogP contribution in [0, 0.1) is 0 Å². The molecular weight excluding hydrogens is 460 g/mol. The van der Waals surface area contributed by atoms with E-state index in [2.05, 4.69) is 60.4 Å². The third-order valence-electron chi connectivity index (χ3n) is 6.21. The summed E-state index contributed by atoms with van der Waals surface area (Å²) < 4.78 is 26.4. The molecule has 4 atom stereocenters. The first-order valence-corrected chi connectivity index (χ1v) is 15.3. The molecule has 0 saturated carbocycles. The Kier molecular flexibility index (Phi) is 9.86. The summed E-state index contributed by atoms with van der Waals surface area (Å²) in [7, 11) is -2.31. The fourth-order valence-electron chi connectivity index (χ4n) is 4.57. The van der Waals surface area contributed by atoms with E-state index in [4.69, 9.17) is 18.0 Å². The van der Waals surface area contributed by atoms with Crippen molar-refractivity contribution in [2.24, 2.45) is 0 Å². The molecule has 9 nitrogen and oxygen atoms in total. The second kappa shape index (κ2) is 11.6. The molecule has 0 aliphatic carbocycles. The largest absolute Gasteiger partial charge is 0.435 e. The maximum absolute atomic E-state index is 12.3. The Morgan fingerprint density at radius 3 is 2.15 bits per heavy atom. The van der Waals surface area contributed by atoms with E-state index in [0.717, 1.165) is 0 Å². The second-order valence-corrected chi connectivity index (χ2v) is 17.9. The second-order valence-electron chi connectivity index (χ2n) is 9.93. The van der Waals surface area contributed by atoms with Gasteiger partial charge >= 0.3 is 14.3 Å². The normalized spacial score (nSPS) is 24.2. The van der Waals surface area contributed by atoms with E-state index >= 15 is 0 Å². The molecule has 1 saturated heterocycles. The lowest BCUT2D eigenvalue weighted by molar-refractivity contribution is -0.0573. The van der Waals surface area contributed by atoms with E-state index in [1.165, 1.54) is 23.9 Å². The summed E-state index contributed by atoms with van der Waals surface area (Å²) in [5, 5.41) is 10.8. The maximum atomic E-state index is 12.3. The van der Waals surface area contributed by atoms with Gasteiger partial charge in [-0.05, 0) is 22.2 Å². The number of rotatable bonds is 11. The van der Waals surface area contributed by atoms with Crippen molar-refractivity contribution in [3.8, 4) is 0 Å². The fraction of sp³-hybridized carbons (Fsp3) is 0.818. The van der Waals surface area contributed by atoms with Crippen LogP contribution in [-0.2, 0) is 18.0 Å². The molecule has 0 spiro atoms. The minimum absolute atomic E-state index is 0.179. The van der Waals surface area contributed by atoms with Gasteiger partial charge in [0.05, 0.1) is 6.61 Å². The van der Waals surface area contributed by atoms with E-state index in [-0.39, 0.29) is 17.7 Å². The number of hydrogen-bond donors (Lipinski definition) is 2. The van der Waals surface area contributed by atoms with Crippen molar-refractivity contribution >= 4 is 17.6 Å². The summed E-state index contributed by atoms with van der Waals surface area (Å²) in [4.78, 5) is 25.9. The first-order valence-electron chi connectivity index (χ1n) is 11.7. The molecule has 0 bridgehead atoms. The number of aromatic nitrogens is 2. The summed E-state index contributed by atoms with van der Waals surface area (Å²) in [6.07, 6.45) is -2.08. The standard InChI is InChI=1S/C22H41N2O7Si2/c1-13(2)32(14(3)4)31-33(15(5)6,16(7)8)29-12-17-20(28-9)19(26)21(30-17)24-11-10-18(25)23-22(24)27/h10-11,13-17,19-21,26H,12H2,1-9H3,(H,23,25,27)/t17-,19-,20-,21-/m1/s1. The van der Waals surface area contributed by atoms with Crippen molar-refractivity contribution in [3.05, 3.63) is 33.1 Å². The van der Waals surface area contributed by atoms with E-state index in [1.54, 1.807) is 0 Å². The first kappa shape index (κ1) is 28.2. The molecule has 2 rings (SSSR count). The lowest BCUT2D eigenvalue weighted by Gasteiger charge is -2.42. The molecule has 1 radical (unpaired) electrons. The molecular formula is C22H41N2O7Si2. The smallest absolute Gasteiger partial charge is 0.333 e. The highest BCUT2D eigenvalue weighted by molar-refractivity contribution is 6.78. The van der Waals surface area contributed by atoms with Crippen molar-refractivity contribution in [2.45, 2.75) is 102 Å². The Bertz CT molecular complexity index is 855. The van der Waals surface area contributed by atoms with Gasteiger partial charge in [0.25, 0.3) is 5.56 Å². The average Bonchev–Trinajstić information content (AvgIpc) is 3.02. The summed E-state index contributed by atoms with van der Waals surface area (Å²) in [5.41, 5.74) is 0.133. The summed E-state index contributed by atoms with van der Waals surface area (Å²) in [6.45, 7) is 17.6. The molecule has 1 aromatic heterocycles. The highest BCUT2D eigenvalue weighted by Crippen LogP contribution is 2.39. The predicted octanol–water partition coefficient (Wildman–Crippen LogP) is 2.92. The Labute approximate surface area is 199 Å². The Morgan fingerprint density at radius 1 is 1.12 bits per heavy atom. The molecule has 0 aromatic carbocycles. The number of ether oxygens (including phenoxy) is 2. The molecule has 0 amide bonds. The molecule has 189 valence electrons. The van der Waals surface area contributed by atoms with Gasteiger partial charge in [-0.1, -0.05) is 55.4 Å². The van der Waals surface area contributed by atoms with Gasteiger partial charge in [0.2, 0.25) is 9.04 Å². The maximum Gasteiger partial charge on any atom is 0.333 e. The van der Waals surface area contributed by atoms with Crippen LogP contribution < -0.4 is 11.2 Å². The fourth-order valence-corrected chi connectivity index (χ4v) is 13.8. The molecule has 1 aromatic rings. The monoisotopic (exact) mass is 501 g/mol. The Morgan fingerprint density at radius 2 is 1.70 bits per heavy atom. The van der Waals surface area contributed by atoms with Gasteiger partial charge in [-0.15, -0.1) is 0 Å². The van der Waals surface area contributed by atoms with Crippen LogP contribution in [0.1, 0.15) is 61.6 Å². The molecule has 2 N–H and O–H groups in total. The zero-order chi connectivity index (χ0) is 25.1. The zero-order valence-electron chi connectivity index (χ0n) is 21.3. The first-order chi connectivity index (χ1) is 15.3. The topological polar surface area (TPSA) is 112 Å². The van der Waals surface area contributed by atoms with Gasteiger partial charge in [0.15, 0.2) is 6.23 Å². The average molecular weight is 502 g/mol. The van der Waals surface area contributed by atoms with Gasteiger partial charge in [0.1, 0.15) is 18.3 Å². The van der Waals surface area contributed by atoms with E-state index < -0.39 is 53.4 Å². The number of aromatic amines is 1. The molecule has 11 heteroatoms. The predicted molar refractivity (Wildman–Crippen MR) is 131 cm³/mol. The molecule has 2 heterocycles. The van der Waals surface area contributed by atoms with Crippen LogP contribution in [0.2, 0.25) is 22.2 Å². The minimum Gasteiger partial charge on any atom is -0.435 e. The molecule has 1 aliphatic rings. The zero-order valence-corrected chi connectivity index (χ0v) is 23.3. The van der Waals surface area contributed by atoms with Gasteiger partial charge in [0, 0.05) is 19.4 Å². The van der Waals surface area contributed by atoms with Crippen LogP contribution in [-0.4, -0.2) is 64.3 Å². The van der Waals surface area contributed by atoms with E-state index in [0.29, 0.717) is 11.1 Å². The molecule has 0 unspecified atom stereocenters. The number of nitrogens with one attached hydrogen (secondary N) is 1. The van der Waals surface area contributed by atoms with Crippen molar-refractivity contribution in [1.29, 1.82) is 0 Å². The summed E-state index contributed by atoms with van der Waals surface area (Å²) in [6, 6.07) is 1.22. The third kappa shape index (κ3) is 6.13. The van der Waals surface area contributed by atoms with Crippen LogP contribution in [0.5, 0.6) is 0 Å². The van der Waals surface area contributed by atoms with Gasteiger partial charge in [-0.2, -0.15) is 0 Å². The van der Waals surface area contributed by atoms with Crippen LogP contribution >= 0.6 is 0 Å². The van der Waals surface area contributed by atoms with Crippen LogP contribution in [0.15, 0.2) is 21.9 Å². The lowest BCUT2D eigenvalue weighted by Crippen LogP contribution is -2.54. The number of hydrogen-bond acceptors (Lipinski definition) is 7. The number of H-pyrrole nitrogens is 1. The van der Waals surface area contributed by atoms with Crippen LogP contribution in [0.4, 0.5) is 0 Å². The highest BCUT2D eigenvalue weighted by atomic mass is 28.4. The van der Waals surface area contributed by atoms with Gasteiger partial charge < -0.3 is 23.1 Å². The van der Waals surface area contributed by atoms with Gasteiger partial charge in [-0.25, -0.2) is 4.79 Å². The van der Waals surface area contributed by atoms with E-state index in [1.807, 2.05) is 0 Å². The van der Waals surface area contributed by atoms with Crippen molar-refractivity contribution in [3.63, 3.8) is 0 Å². The van der Waals surface area contributed by atoms with Crippen LogP contribution in [0.3, 0.4) is 0 Å². The SMILES string of the molecule is CO[C@H]1[C@@H](O)[C@H](n2ccc(=O)[nH]c2=O)O[C@@H]1CO[Si](O[Si](C(C)C)C(C)C)(C(C)C)C(C)C. The number of methoxy groups -OCH3 is 1. The Balaban J connectivity index is 2.29. The van der Waals surface area contributed by atoms with Crippen molar-refractivity contribution in [1.82, 2.24) is 9.55 Å². The Hall–Kier alpha value is -1.09. The third-order valence-corrected chi connectivity index (χ3v) is 14.5. The van der Waals surface area contributed by atoms with Crippen molar-refractivity contribution < 1.29 is 23.1 Å². The summed E-state index contributed by atoms with van der Waals surface area (Å²) >= 11 is 0. The molecule has 1 fully saturated rings. The molecule has 1 aliphatic heterocycles. The van der Waals surface area contributed by atoms with Gasteiger partial charge in [-0.3, -0.25) is 14.3 Å². The minimum atomic E-state index is -2.68. The number of aliphatic hydroxyl groups is 1. The number of aliphatic hydroxyl groups excluding tert-OH is 1. The van der Waals surface area contributed by atoms with Crippen LogP contribution in [0.25, 0.3) is 0 Å².